The van der Waals surface area contributed by atoms with Crippen LogP contribution in [0.5, 0.6) is 0 Å². The third kappa shape index (κ3) is 2.63. The molecule has 0 aliphatic carbocycles. The van der Waals surface area contributed by atoms with Gasteiger partial charge in [0.25, 0.3) is 0 Å². The summed E-state index contributed by atoms with van der Waals surface area (Å²) in [5, 5.41) is 3.33. The number of benzene rings is 1. The van der Waals surface area contributed by atoms with Crippen molar-refractivity contribution >= 4 is 21.6 Å². The van der Waals surface area contributed by atoms with E-state index in [1.807, 2.05) is 18.2 Å². The molecule has 2 rings (SSSR count). The van der Waals surface area contributed by atoms with Crippen molar-refractivity contribution in [2.75, 3.05) is 5.32 Å². The molecule has 78 valence electrons. The van der Waals surface area contributed by atoms with Gasteiger partial charge in [-0.1, -0.05) is 15.9 Å². The van der Waals surface area contributed by atoms with E-state index in [1.165, 1.54) is 5.56 Å². The van der Waals surface area contributed by atoms with Crippen molar-refractivity contribution in [2.24, 2.45) is 0 Å². The van der Waals surface area contributed by atoms with Crippen LogP contribution < -0.4 is 5.32 Å². The quantitative estimate of drug-likeness (QED) is 0.909. The van der Waals surface area contributed by atoms with E-state index in [0.29, 0.717) is 0 Å². The highest BCUT2D eigenvalue weighted by atomic mass is 79.9. The summed E-state index contributed by atoms with van der Waals surface area (Å²) >= 11 is 3.44. The second kappa shape index (κ2) is 4.53. The van der Waals surface area contributed by atoms with Crippen LogP contribution in [0.15, 0.2) is 45.5 Å². The van der Waals surface area contributed by atoms with Crippen molar-refractivity contribution in [2.45, 2.75) is 13.5 Å². The highest BCUT2D eigenvalue weighted by Gasteiger charge is 1.99. The fraction of sp³-hybridized carbons (Fsp3) is 0.167. The van der Waals surface area contributed by atoms with Gasteiger partial charge in [-0.25, -0.2) is 0 Å². The Bertz CT molecular complexity index is 437. The summed E-state index contributed by atoms with van der Waals surface area (Å²) in [6.07, 6.45) is 1.69. The molecule has 0 aliphatic heterocycles. The molecule has 2 aromatic rings. The minimum Gasteiger partial charge on any atom is -0.467 e. The molecule has 0 saturated heterocycles. The number of hydrogen-bond acceptors (Lipinski definition) is 2. The second-order valence-electron chi connectivity index (χ2n) is 3.39. The van der Waals surface area contributed by atoms with Crippen molar-refractivity contribution < 1.29 is 4.42 Å². The van der Waals surface area contributed by atoms with Gasteiger partial charge in [-0.2, -0.15) is 0 Å². The topological polar surface area (TPSA) is 25.2 Å². The van der Waals surface area contributed by atoms with Crippen LogP contribution in [0.1, 0.15) is 11.3 Å². The van der Waals surface area contributed by atoms with E-state index >= 15 is 0 Å². The summed E-state index contributed by atoms with van der Waals surface area (Å²) in [6, 6.07) is 10.0. The zero-order chi connectivity index (χ0) is 10.7. The number of furan rings is 1. The van der Waals surface area contributed by atoms with Gasteiger partial charge in [0, 0.05) is 10.2 Å². The van der Waals surface area contributed by atoms with E-state index in [4.69, 9.17) is 4.42 Å². The zero-order valence-corrected chi connectivity index (χ0v) is 10.0. The minimum atomic E-state index is 0.718. The van der Waals surface area contributed by atoms with Gasteiger partial charge in [0.1, 0.15) is 5.76 Å². The van der Waals surface area contributed by atoms with Gasteiger partial charge < -0.3 is 9.73 Å². The van der Waals surface area contributed by atoms with E-state index in [9.17, 15) is 0 Å². The lowest BCUT2D eigenvalue weighted by atomic mass is 10.2. The first-order chi connectivity index (χ1) is 7.25. The first-order valence-electron chi connectivity index (χ1n) is 4.78. The van der Waals surface area contributed by atoms with Crippen LogP contribution in [0.4, 0.5) is 5.69 Å². The van der Waals surface area contributed by atoms with Crippen LogP contribution in [-0.2, 0) is 6.54 Å². The molecule has 1 aromatic heterocycles. The van der Waals surface area contributed by atoms with Crippen molar-refractivity contribution in [1.82, 2.24) is 0 Å². The van der Waals surface area contributed by atoms with Crippen LogP contribution in [0.25, 0.3) is 0 Å². The maximum Gasteiger partial charge on any atom is 0.122 e. The highest BCUT2D eigenvalue weighted by molar-refractivity contribution is 9.10. The summed E-state index contributed by atoms with van der Waals surface area (Å²) < 4.78 is 6.35. The summed E-state index contributed by atoms with van der Waals surface area (Å²) in [6.45, 7) is 2.80. The zero-order valence-electron chi connectivity index (χ0n) is 8.46. The van der Waals surface area contributed by atoms with Crippen molar-refractivity contribution in [3.8, 4) is 0 Å². The Labute approximate surface area is 97.4 Å². The molecule has 1 aromatic carbocycles. The molecular formula is C12H12BrNO. The van der Waals surface area contributed by atoms with Crippen LogP contribution >= 0.6 is 15.9 Å². The largest absolute Gasteiger partial charge is 0.467 e. The molecule has 0 spiro atoms. The molecule has 15 heavy (non-hydrogen) atoms. The predicted octanol–water partition coefficient (Wildman–Crippen LogP) is 3.96. The van der Waals surface area contributed by atoms with E-state index in [0.717, 1.165) is 22.5 Å². The lowest BCUT2D eigenvalue weighted by Crippen LogP contribution is -1.99. The fourth-order valence-electron chi connectivity index (χ4n) is 1.42. The standard InChI is InChI=1S/C12H12BrNO/c1-9-7-10(13)4-5-12(9)14-8-11-3-2-6-15-11/h2-7,14H,8H2,1H3. The van der Waals surface area contributed by atoms with Crippen molar-refractivity contribution in [3.05, 3.63) is 52.4 Å². The molecule has 0 bridgehead atoms. The first-order valence-corrected chi connectivity index (χ1v) is 5.57. The lowest BCUT2D eigenvalue weighted by Gasteiger charge is -2.08. The number of nitrogens with one attached hydrogen (secondary N) is 1. The van der Waals surface area contributed by atoms with E-state index in [1.54, 1.807) is 6.26 Å². The van der Waals surface area contributed by atoms with Gasteiger partial charge in [-0.05, 0) is 42.8 Å². The lowest BCUT2D eigenvalue weighted by molar-refractivity contribution is 0.518. The fourth-order valence-corrected chi connectivity index (χ4v) is 1.90. The van der Waals surface area contributed by atoms with Gasteiger partial charge in [0.2, 0.25) is 0 Å². The Morgan fingerprint density at radius 1 is 1.33 bits per heavy atom. The average molecular weight is 266 g/mol. The predicted molar refractivity (Wildman–Crippen MR) is 64.9 cm³/mol. The van der Waals surface area contributed by atoms with Crippen LogP contribution in [0, 0.1) is 6.92 Å². The molecule has 0 radical (unpaired) electrons. The summed E-state index contributed by atoms with van der Waals surface area (Å²) in [5.74, 6) is 0.942. The Morgan fingerprint density at radius 2 is 2.20 bits per heavy atom. The molecule has 0 saturated carbocycles. The van der Waals surface area contributed by atoms with E-state index < -0.39 is 0 Å². The summed E-state index contributed by atoms with van der Waals surface area (Å²) in [5.41, 5.74) is 2.35. The van der Waals surface area contributed by atoms with Gasteiger partial charge in [-0.3, -0.25) is 0 Å². The van der Waals surface area contributed by atoms with Crippen molar-refractivity contribution in [3.63, 3.8) is 0 Å². The molecule has 0 fully saturated rings. The maximum atomic E-state index is 5.25. The first kappa shape index (κ1) is 10.3. The normalized spacial score (nSPS) is 10.3. The van der Waals surface area contributed by atoms with Crippen LogP contribution in [0.2, 0.25) is 0 Å². The molecule has 3 heteroatoms. The number of halogens is 1. The molecule has 0 atom stereocenters. The molecule has 0 amide bonds. The smallest absolute Gasteiger partial charge is 0.122 e. The van der Waals surface area contributed by atoms with Crippen molar-refractivity contribution in [1.29, 1.82) is 0 Å². The Balaban J connectivity index is 2.05. The van der Waals surface area contributed by atoms with Gasteiger partial charge in [0.15, 0.2) is 0 Å². The highest BCUT2D eigenvalue weighted by Crippen LogP contribution is 2.20. The molecule has 0 aliphatic rings. The number of hydrogen-bond donors (Lipinski definition) is 1. The monoisotopic (exact) mass is 265 g/mol. The number of aryl methyl sites for hydroxylation is 1. The molecule has 0 unspecified atom stereocenters. The molecule has 1 N–H and O–H groups in total. The van der Waals surface area contributed by atoms with E-state index in [2.05, 4.69) is 40.3 Å². The van der Waals surface area contributed by atoms with Gasteiger partial charge >= 0.3 is 0 Å². The van der Waals surface area contributed by atoms with Gasteiger partial charge in [-0.15, -0.1) is 0 Å². The van der Waals surface area contributed by atoms with Crippen LogP contribution in [0.3, 0.4) is 0 Å². The Morgan fingerprint density at radius 3 is 2.87 bits per heavy atom. The SMILES string of the molecule is Cc1cc(Br)ccc1NCc1ccco1. The third-order valence-electron chi connectivity index (χ3n) is 2.22. The summed E-state index contributed by atoms with van der Waals surface area (Å²) in [4.78, 5) is 0. The second-order valence-corrected chi connectivity index (χ2v) is 4.31. The third-order valence-corrected chi connectivity index (χ3v) is 2.71. The average Bonchev–Trinajstić information content (AvgIpc) is 2.69. The molecular weight excluding hydrogens is 254 g/mol. The maximum absolute atomic E-state index is 5.25. The van der Waals surface area contributed by atoms with E-state index in [-0.39, 0.29) is 0 Å². The minimum absolute atomic E-state index is 0.718. The molecule has 1 heterocycles. The Kier molecular flexibility index (Phi) is 3.11. The number of rotatable bonds is 3. The number of anilines is 1. The van der Waals surface area contributed by atoms with Crippen LogP contribution in [-0.4, -0.2) is 0 Å². The molecule has 2 nitrogen and oxygen atoms in total. The van der Waals surface area contributed by atoms with Gasteiger partial charge in [0.05, 0.1) is 12.8 Å². The Hall–Kier alpha value is -1.22. The summed E-state index contributed by atoms with van der Waals surface area (Å²) in [7, 11) is 0.